The summed E-state index contributed by atoms with van der Waals surface area (Å²) in [5.74, 6) is 0.848. The molecular formula is C21H33IN6O. The molecule has 0 bridgehead atoms. The van der Waals surface area contributed by atoms with Crippen LogP contribution in [0.5, 0.6) is 0 Å². The Morgan fingerprint density at radius 2 is 1.93 bits per heavy atom. The van der Waals surface area contributed by atoms with Crippen LogP contribution in [-0.4, -0.2) is 73.6 Å². The molecule has 1 aliphatic rings. The van der Waals surface area contributed by atoms with Gasteiger partial charge in [-0.1, -0.05) is 12.1 Å². The summed E-state index contributed by atoms with van der Waals surface area (Å²) in [5.41, 5.74) is 2.48. The van der Waals surface area contributed by atoms with Crippen LogP contribution in [0.15, 0.2) is 47.7 Å². The van der Waals surface area contributed by atoms with Gasteiger partial charge in [0.25, 0.3) is 0 Å². The molecule has 2 aromatic rings. The Morgan fingerprint density at radius 3 is 2.52 bits per heavy atom. The Kier molecular flexibility index (Phi) is 9.38. The lowest BCUT2D eigenvalue weighted by molar-refractivity contribution is -0.00500. The Morgan fingerprint density at radius 1 is 1.21 bits per heavy atom. The molecule has 0 aliphatic carbocycles. The second-order valence-corrected chi connectivity index (χ2v) is 7.45. The zero-order chi connectivity index (χ0) is 19.8. The van der Waals surface area contributed by atoms with Gasteiger partial charge in [-0.25, -0.2) is 4.68 Å². The molecular weight excluding hydrogens is 479 g/mol. The van der Waals surface area contributed by atoms with Gasteiger partial charge < -0.3 is 20.3 Å². The first-order valence-corrected chi connectivity index (χ1v) is 9.92. The van der Waals surface area contributed by atoms with Gasteiger partial charge in [0.05, 0.1) is 5.69 Å². The van der Waals surface area contributed by atoms with Crippen molar-refractivity contribution in [2.75, 3.05) is 47.4 Å². The van der Waals surface area contributed by atoms with Crippen molar-refractivity contribution in [1.29, 1.82) is 0 Å². The number of hydrogen-bond acceptors (Lipinski definition) is 4. The third-order valence-electron chi connectivity index (χ3n) is 5.59. The fraction of sp³-hybridized carbons (Fsp3) is 0.524. The number of nitrogens with one attached hydrogen (secondary N) is 2. The first-order chi connectivity index (χ1) is 13.6. The molecule has 0 saturated carbocycles. The standard InChI is InChI=1S/C21H32N6O.HI/c1-22-20(24-17-21(26(2)3)10-15-28-16-11-21)23-13-9-18-5-7-19(8-6-18)27-14-4-12-25-27;/h4-8,12,14H,9-11,13,15-17H2,1-3H3,(H2,22,23,24);1H. The average molecular weight is 512 g/mol. The third kappa shape index (κ3) is 6.42. The van der Waals surface area contributed by atoms with Gasteiger partial charge in [0, 0.05) is 51.3 Å². The summed E-state index contributed by atoms with van der Waals surface area (Å²) < 4.78 is 7.41. The molecule has 1 aromatic heterocycles. The molecule has 1 aromatic carbocycles. The Hall–Kier alpha value is -1.65. The molecule has 2 N–H and O–H groups in total. The normalized spacial score (nSPS) is 16.3. The molecule has 1 fully saturated rings. The summed E-state index contributed by atoms with van der Waals surface area (Å²) in [5, 5.41) is 11.2. The Balaban J connectivity index is 0.00000300. The number of ether oxygens (including phenoxy) is 1. The minimum absolute atomic E-state index is 0. The van der Waals surface area contributed by atoms with Crippen molar-refractivity contribution in [3.63, 3.8) is 0 Å². The minimum atomic E-state index is 0. The number of halogens is 1. The van der Waals surface area contributed by atoms with E-state index in [1.165, 1.54) is 5.56 Å². The summed E-state index contributed by atoms with van der Waals surface area (Å²) in [6, 6.07) is 10.4. The lowest BCUT2D eigenvalue weighted by atomic mass is 9.88. The highest BCUT2D eigenvalue weighted by Crippen LogP contribution is 2.24. The summed E-state index contributed by atoms with van der Waals surface area (Å²) in [6.45, 7) is 3.33. The van der Waals surface area contributed by atoms with E-state index in [2.05, 4.69) is 64.0 Å². The van der Waals surface area contributed by atoms with Gasteiger partial charge in [-0.2, -0.15) is 5.10 Å². The third-order valence-corrected chi connectivity index (χ3v) is 5.59. The molecule has 0 spiro atoms. The van der Waals surface area contributed by atoms with Crippen molar-refractivity contribution in [3.8, 4) is 5.69 Å². The number of likely N-dealkylation sites (N-methyl/N-ethyl adjacent to an activating group) is 1. The number of hydrogen-bond donors (Lipinski definition) is 2. The molecule has 7 nitrogen and oxygen atoms in total. The van der Waals surface area contributed by atoms with Crippen LogP contribution in [0.25, 0.3) is 5.69 Å². The van der Waals surface area contributed by atoms with Crippen LogP contribution >= 0.6 is 24.0 Å². The van der Waals surface area contributed by atoms with Crippen LogP contribution in [0.3, 0.4) is 0 Å². The SMILES string of the molecule is CN=C(NCCc1ccc(-n2cccn2)cc1)NCC1(N(C)C)CCOCC1.I. The average Bonchev–Trinajstić information content (AvgIpc) is 3.26. The van der Waals surface area contributed by atoms with Gasteiger partial charge in [-0.05, 0) is 57.1 Å². The number of aliphatic imine (C=N–C) groups is 1. The molecule has 0 amide bonds. The van der Waals surface area contributed by atoms with Crippen LogP contribution in [0.2, 0.25) is 0 Å². The lowest BCUT2D eigenvalue weighted by Gasteiger charge is -2.43. The molecule has 1 aliphatic heterocycles. The highest BCUT2D eigenvalue weighted by molar-refractivity contribution is 14.0. The maximum absolute atomic E-state index is 5.55. The van der Waals surface area contributed by atoms with E-state index in [1.54, 1.807) is 6.20 Å². The minimum Gasteiger partial charge on any atom is -0.381 e. The predicted molar refractivity (Wildman–Crippen MR) is 129 cm³/mol. The summed E-state index contributed by atoms with van der Waals surface area (Å²) in [4.78, 5) is 6.69. The molecule has 2 heterocycles. The van der Waals surface area contributed by atoms with Crippen molar-refractivity contribution < 1.29 is 4.74 Å². The fourth-order valence-corrected chi connectivity index (χ4v) is 3.56. The maximum atomic E-state index is 5.55. The predicted octanol–water partition coefficient (Wildman–Crippen LogP) is 2.31. The first-order valence-electron chi connectivity index (χ1n) is 9.92. The Bertz CT molecular complexity index is 739. The smallest absolute Gasteiger partial charge is 0.191 e. The van der Waals surface area contributed by atoms with Gasteiger partial charge in [0.1, 0.15) is 0 Å². The van der Waals surface area contributed by atoms with Crippen molar-refractivity contribution in [2.24, 2.45) is 4.99 Å². The number of guanidine groups is 1. The molecule has 3 rings (SSSR count). The number of benzene rings is 1. The second-order valence-electron chi connectivity index (χ2n) is 7.45. The highest BCUT2D eigenvalue weighted by atomic mass is 127. The van der Waals surface area contributed by atoms with Crippen LogP contribution in [-0.2, 0) is 11.2 Å². The topological polar surface area (TPSA) is 66.7 Å². The molecule has 29 heavy (non-hydrogen) atoms. The van der Waals surface area contributed by atoms with Crippen LogP contribution in [0.4, 0.5) is 0 Å². The van der Waals surface area contributed by atoms with Crippen molar-refractivity contribution in [2.45, 2.75) is 24.8 Å². The Labute approximate surface area is 190 Å². The van der Waals surface area contributed by atoms with Gasteiger partial charge in [0.2, 0.25) is 0 Å². The van der Waals surface area contributed by atoms with E-state index in [4.69, 9.17) is 4.74 Å². The molecule has 0 unspecified atom stereocenters. The fourth-order valence-electron chi connectivity index (χ4n) is 3.56. The van der Waals surface area contributed by atoms with Gasteiger partial charge in [-0.15, -0.1) is 24.0 Å². The first kappa shape index (κ1) is 23.6. The zero-order valence-corrected chi connectivity index (χ0v) is 19.9. The highest BCUT2D eigenvalue weighted by Gasteiger charge is 2.34. The van der Waals surface area contributed by atoms with Crippen LogP contribution in [0, 0.1) is 0 Å². The zero-order valence-electron chi connectivity index (χ0n) is 17.6. The quantitative estimate of drug-likeness (QED) is 0.339. The van der Waals surface area contributed by atoms with Gasteiger partial charge in [-0.3, -0.25) is 4.99 Å². The van der Waals surface area contributed by atoms with Crippen molar-refractivity contribution in [1.82, 2.24) is 25.3 Å². The largest absolute Gasteiger partial charge is 0.381 e. The van der Waals surface area contributed by atoms with E-state index >= 15 is 0 Å². The van der Waals surface area contributed by atoms with Crippen LogP contribution in [0.1, 0.15) is 18.4 Å². The van der Waals surface area contributed by atoms with Crippen molar-refractivity contribution >= 4 is 29.9 Å². The number of rotatable bonds is 7. The number of aromatic nitrogens is 2. The van der Waals surface area contributed by atoms with E-state index in [0.29, 0.717) is 0 Å². The summed E-state index contributed by atoms with van der Waals surface area (Å²) >= 11 is 0. The molecule has 8 heteroatoms. The van der Waals surface area contributed by atoms with E-state index in [1.807, 2.05) is 24.0 Å². The summed E-state index contributed by atoms with van der Waals surface area (Å²) in [6.07, 6.45) is 6.74. The van der Waals surface area contributed by atoms with E-state index < -0.39 is 0 Å². The summed E-state index contributed by atoms with van der Waals surface area (Å²) in [7, 11) is 6.12. The van der Waals surface area contributed by atoms with Gasteiger partial charge in [0.15, 0.2) is 5.96 Å². The van der Waals surface area contributed by atoms with E-state index in [9.17, 15) is 0 Å². The van der Waals surface area contributed by atoms with Crippen molar-refractivity contribution in [3.05, 3.63) is 48.3 Å². The molecule has 160 valence electrons. The second kappa shape index (κ2) is 11.5. The maximum Gasteiger partial charge on any atom is 0.191 e. The van der Waals surface area contributed by atoms with Gasteiger partial charge >= 0.3 is 0 Å². The molecule has 0 radical (unpaired) electrons. The molecule has 1 saturated heterocycles. The van der Waals surface area contributed by atoms with Crippen LogP contribution < -0.4 is 10.6 Å². The molecule has 0 atom stereocenters. The number of nitrogens with zero attached hydrogens (tertiary/aromatic N) is 4. The lowest BCUT2D eigenvalue weighted by Crippen LogP contribution is -2.57. The van der Waals surface area contributed by atoms with E-state index in [-0.39, 0.29) is 29.5 Å². The monoisotopic (exact) mass is 512 g/mol. The van der Waals surface area contributed by atoms with E-state index in [0.717, 1.165) is 57.2 Å².